The maximum atomic E-state index is 13.3. The molecule has 1 N–H and O–H groups in total. The van der Waals surface area contributed by atoms with E-state index < -0.39 is 5.66 Å². The summed E-state index contributed by atoms with van der Waals surface area (Å²) >= 11 is 3.39. The molecule has 1 aliphatic heterocycles. The van der Waals surface area contributed by atoms with E-state index in [4.69, 9.17) is 9.73 Å². The second-order valence-corrected chi connectivity index (χ2v) is 8.59. The molecular weight excluding hydrogens is 446 g/mol. The maximum absolute atomic E-state index is 13.3. The highest BCUT2D eigenvalue weighted by Crippen LogP contribution is 2.39. The van der Waals surface area contributed by atoms with Crippen LogP contribution in [0, 0.1) is 0 Å². The Morgan fingerprint density at radius 3 is 2.40 bits per heavy atom. The van der Waals surface area contributed by atoms with Gasteiger partial charge < -0.3 is 15.0 Å². The van der Waals surface area contributed by atoms with Gasteiger partial charge in [0.1, 0.15) is 23.7 Å². The molecule has 30 heavy (non-hydrogen) atoms. The average molecular weight is 470 g/mol. The number of methoxy groups -OCH3 is 1. The van der Waals surface area contributed by atoms with E-state index in [-0.39, 0.29) is 18.4 Å². The van der Waals surface area contributed by atoms with E-state index >= 15 is 0 Å². The number of carbonyl (C=O) groups is 2. The Labute approximate surface area is 184 Å². The number of anilines is 1. The second-order valence-electron chi connectivity index (χ2n) is 7.68. The molecule has 2 aromatic rings. The number of nitrogens with one attached hydrogen (secondary N) is 1. The van der Waals surface area contributed by atoms with Crippen molar-refractivity contribution in [3.8, 4) is 5.75 Å². The summed E-state index contributed by atoms with van der Waals surface area (Å²) in [4.78, 5) is 32.7. The van der Waals surface area contributed by atoms with Crippen molar-refractivity contribution >= 4 is 39.1 Å². The van der Waals surface area contributed by atoms with Crippen molar-refractivity contribution < 1.29 is 14.3 Å². The number of carbonyl (C=O) groups excluding carboxylic acids is 2. The number of aliphatic imine (C=N–C) groups is 1. The van der Waals surface area contributed by atoms with Crippen LogP contribution in [-0.2, 0) is 9.59 Å². The molecule has 1 saturated carbocycles. The van der Waals surface area contributed by atoms with Crippen LogP contribution < -0.4 is 10.1 Å². The van der Waals surface area contributed by atoms with Crippen LogP contribution >= 0.6 is 15.9 Å². The van der Waals surface area contributed by atoms with Crippen LogP contribution in [0.1, 0.15) is 37.7 Å². The molecule has 4 rings (SSSR count). The second kappa shape index (κ2) is 8.60. The van der Waals surface area contributed by atoms with Gasteiger partial charge in [-0.25, -0.2) is 0 Å². The van der Waals surface area contributed by atoms with E-state index in [1.807, 2.05) is 48.5 Å². The summed E-state index contributed by atoms with van der Waals surface area (Å²) < 4.78 is 6.15. The van der Waals surface area contributed by atoms with Gasteiger partial charge in [0.05, 0.1) is 7.11 Å². The number of hydrogen-bond donors (Lipinski definition) is 1. The van der Waals surface area contributed by atoms with Gasteiger partial charge in [-0.05, 0) is 74.2 Å². The molecule has 0 aromatic heterocycles. The SMILES string of the molecule is COc1ccc(C2=NC3(CCCCC3)N(CC(=O)Nc3ccc(Br)cc3)C2=O)cc1. The molecule has 6 nitrogen and oxygen atoms in total. The van der Waals surface area contributed by atoms with Crippen LogP contribution in [-0.4, -0.2) is 41.7 Å². The lowest BCUT2D eigenvalue weighted by atomic mass is 9.88. The minimum atomic E-state index is -0.623. The topological polar surface area (TPSA) is 71.0 Å². The molecule has 0 radical (unpaired) electrons. The van der Waals surface area contributed by atoms with Crippen molar-refractivity contribution in [2.24, 2.45) is 4.99 Å². The molecule has 2 aromatic carbocycles. The molecule has 1 spiro atoms. The van der Waals surface area contributed by atoms with E-state index in [1.165, 1.54) is 0 Å². The Morgan fingerprint density at radius 2 is 1.77 bits per heavy atom. The van der Waals surface area contributed by atoms with Crippen molar-refractivity contribution in [1.29, 1.82) is 0 Å². The van der Waals surface area contributed by atoms with Crippen LogP contribution in [0.3, 0.4) is 0 Å². The summed E-state index contributed by atoms with van der Waals surface area (Å²) in [5.41, 5.74) is 1.25. The zero-order chi connectivity index (χ0) is 21.1. The number of nitrogens with zero attached hydrogens (tertiary/aromatic N) is 2. The first-order valence-corrected chi connectivity index (χ1v) is 10.9. The molecule has 1 aliphatic carbocycles. The fourth-order valence-electron chi connectivity index (χ4n) is 4.17. The molecular formula is C23H24BrN3O3. The van der Waals surface area contributed by atoms with Gasteiger partial charge in [0.25, 0.3) is 5.91 Å². The molecule has 0 atom stereocenters. The summed E-state index contributed by atoms with van der Waals surface area (Å²) in [6.45, 7) is -0.0158. The fourth-order valence-corrected chi connectivity index (χ4v) is 4.43. The molecule has 156 valence electrons. The standard InChI is InChI=1S/C23H24BrN3O3/c1-30-19-11-5-16(6-12-19)21-22(29)27(23(26-21)13-3-2-4-14-23)15-20(28)25-18-9-7-17(24)8-10-18/h5-12H,2-4,13-15H2,1H3,(H,25,28). The number of ether oxygens (including phenoxy) is 1. The summed E-state index contributed by atoms with van der Waals surface area (Å²) in [6.07, 6.45) is 4.69. The van der Waals surface area contributed by atoms with Crippen LogP contribution in [0.5, 0.6) is 5.75 Å². The predicted molar refractivity (Wildman–Crippen MR) is 120 cm³/mol. The largest absolute Gasteiger partial charge is 0.497 e. The molecule has 0 unspecified atom stereocenters. The van der Waals surface area contributed by atoms with Crippen LogP contribution in [0.15, 0.2) is 58.0 Å². The molecule has 2 aliphatic rings. The van der Waals surface area contributed by atoms with Gasteiger partial charge in [0.15, 0.2) is 0 Å². The maximum Gasteiger partial charge on any atom is 0.275 e. The van der Waals surface area contributed by atoms with Crippen molar-refractivity contribution in [2.75, 3.05) is 19.0 Å². The van der Waals surface area contributed by atoms with Gasteiger partial charge >= 0.3 is 0 Å². The Morgan fingerprint density at radius 1 is 1.10 bits per heavy atom. The predicted octanol–water partition coefficient (Wildman–Crippen LogP) is 4.39. The van der Waals surface area contributed by atoms with Crippen LogP contribution in [0.25, 0.3) is 0 Å². The van der Waals surface area contributed by atoms with Gasteiger partial charge in [-0.3, -0.25) is 14.6 Å². The average Bonchev–Trinajstić information content (AvgIpc) is 3.02. The van der Waals surface area contributed by atoms with E-state index in [1.54, 1.807) is 12.0 Å². The van der Waals surface area contributed by atoms with E-state index in [2.05, 4.69) is 21.2 Å². The Bertz CT molecular complexity index is 964. The minimum absolute atomic E-state index is 0.0158. The first-order valence-electron chi connectivity index (χ1n) is 10.1. The van der Waals surface area contributed by atoms with E-state index in [0.29, 0.717) is 11.4 Å². The monoisotopic (exact) mass is 469 g/mol. The molecule has 0 saturated heterocycles. The number of rotatable bonds is 5. The van der Waals surface area contributed by atoms with Crippen molar-refractivity contribution in [2.45, 2.75) is 37.8 Å². The third-order valence-corrected chi connectivity index (χ3v) is 6.25. The fraction of sp³-hybridized carbons (Fsp3) is 0.348. The summed E-state index contributed by atoms with van der Waals surface area (Å²) in [5, 5.41) is 2.89. The first-order chi connectivity index (χ1) is 14.5. The smallest absolute Gasteiger partial charge is 0.275 e. The summed E-state index contributed by atoms with van der Waals surface area (Å²) in [7, 11) is 1.61. The summed E-state index contributed by atoms with van der Waals surface area (Å²) in [6, 6.07) is 14.7. The lowest BCUT2D eigenvalue weighted by Crippen LogP contribution is -2.51. The van der Waals surface area contributed by atoms with Crippen molar-refractivity contribution in [1.82, 2.24) is 4.90 Å². The quantitative estimate of drug-likeness (QED) is 0.705. The van der Waals surface area contributed by atoms with Gasteiger partial charge in [-0.1, -0.05) is 22.4 Å². The Balaban J connectivity index is 1.57. The Kier molecular flexibility index (Phi) is 5.90. The van der Waals surface area contributed by atoms with Crippen molar-refractivity contribution in [3.63, 3.8) is 0 Å². The third-order valence-electron chi connectivity index (χ3n) is 5.72. The zero-order valence-electron chi connectivity index (χ0n) is 16.9. The normalized spacial score (nSPS) is 17.7. The first kappa shape index (κ1) is 20.6. The molecule has 1 heterocycles. The summed E-state index contributed by atoms with van der Waals surface area (Å²) in [5.74, 6) is 0.317. The highest BCUT2D eigenvalue weighted by atomic mass is 79.9. The third kappa shape index (κ3) is 4.12. The van der Waals surface area contributed by atoms with E-state index in [9.17, 15) is 9.59 Å². The lowest BCUT2D eigenvalue weighted by Gasteiger charge is -2.38. The number of hydrogen-bond acceptors (Lipinski definition) is 4. The number of amides is 2. The number of halogens is 1. The van der Waals surface area contributed by atoms with E-state index in [0.717, 1.165) is 47.9 Å². The zero-order valence-corrected chi connectivity index (χ0v) is 18.4. The van der Waals surface area contributed by atoms with Crippen molar-refractivity contribution in [3.05, 3.63) is 58.6 Å². The van der Waals surface area contributed by atoms with Crippen LogP contribution in [0.2, 0.25) is 0 Å². The van der Waals surface area contributed by atoms with Gasteiger partial charge in [0.2, 0.25) is 5.91 Å². The molecule has 1 fully saturated rings. The Hall–Kier alpha value is -2.67. The lowest BCUT2D eigenvalue weighted by molar-refractivity contribution is -0.134. The highest BCUT2D eigenvalue weighted by Gasteiger charge is 2.48. The number of benzene rings is 2. The van der Waals surface area contributed by atoms with Gasteiger partial charge in [-0.15, -0.1) is 0 Å². The molecule has 7 heteroatoms. The van der Waals surface area contributed by atoms with Crippen LogP contribution in [0.4, 0.5) is 5.69 Å². The molecule has 0 bridgehead atoms. The molecule has 2 amide bonds. The van der Waals surface area contributed by atoms with Gasteiger partial charge in [0, 0.05) is 15.7 Å². The minimum Gasteiger partial charge on any atom is -0.497 e. The highest BCUT2D eigenvalue weighted by molar-refractivity contribution is 9.10. The van der Waals surface area contributed by atoms with Gasteiger partial charge in [-0.2, -0.15) is 0 Å².